The highest BCUT2D eigenvalue weighted by molar-refractivity contribution is 6.50. The van der Waals surface area contributed by atoms with Gasteiger partial charge in [-0.05, 0) is 42.0 Å². The van der Waals surface area contributed by atoms with Gasteiger partial charge in [-0.15, -0.1) is 0 Å². The van der Waals surface area contributed by atoms with E-state index in [-0.39, 0.29) is 27.3 Å². The maximum absolute atomic E-state index is 12.6. The number of rotatable bonds is 3. The van der Waals surface area contributed by atoms with Crippen LogP contribution in [0.3, 0.4) is 0 Å². The molecule has 0 amide bonds. The molecule has 144 valence electrons. The van der Waals surface area contributed by atoms with Gasteiger partial charge < -0.3 is 9.72 Å². The van der Waals surface area contributed by atoms with Crippen LogP contribution in [0.4, 0.5) is 13.2 Å². The van der Waals surface area contributed by atoms with Crippen molar-refractivity contribution in [2.75, 3.05) is 7.11 Å². The largest absolute Gasteiger partial charge is 0.465 e. The lowest BCUT2D eigenvalue weighted by atomic mass is 10.1. The van der Waals surface area contributed by atoms with Crippen molar-refractivity contribution in [3.8, 4) is 0 Å². The van der Waals surface area contributed by atoms with Gasteiger partial charge in [-0.2, -0.15) is 13.2 Å². The number of methoxy groups -OCH3 is 1. The predicted molar refractivity (Wildman–Crippen MR) is 98.9 cm³/mol. The maximum atomic E-state index is 12.6. The van der Waals surface area contributed by atoms with E-state index in [1.807, 2.05) is 0 Å². The summed E-state index contributed by atoms with van der Waals surface area (Å²) in [6.45, 7) is 0. The third kappa shape index (κ3) is 4.07. The Bertz CT molecular complexity index is 1140. The molecule has 0 aliphatic carbocycles. The van der Waals surface area contributed by atoms with Crippen molar-refractivity contribution in [1.29, 1.82) is 0 Å². The van der Waals surface area contributed by atoms with E-state index in [1.165, 1.54) is 43.5 Å². The Balaban J connectivity index is 2.01. The van der Waals surface area contributed by atoms with Crippen molar-refractivity contribution < 1.29 is 22.7 Å². The number of hydrogen-bond acceptors (Lipinski definition) is 4. The van der Waals surface area contributed by atoms with E-state index < -0.39 is 23.3 Å². The Labute approximate surface area is 161 Å². The normalized spacial score (nSPS) is 12.2. The smallest absolute Gasteiger partial charge is 0.416 e. The summed E-state index contributed by atoms with van der Waals surface area (Å²) < 4.78 is 42.5. The molecule has 0 radical (unpaired) electrons. The van der Waals surface area contributed by atoms with Gasteiger partial charge in [0.25, 0.3) is 5.56 Å². The third-order valence-electron chi connectivity index (χ3n) is 3.89. The predicted octanol–water partition coefficient (Wildman–Crippen LogP) is 4.47. The SMILES string of the molecule is COC(=O)c1ccc2c(=O)[nH]c(/C(Cl)=C/c3ccc(C(F)(F)F)cc3)nc2c1. The van der Waals surface area contributed by atoms with Crippen LogP contribution in [-0.2, 0) is 10.9 Å². The number of H-pyrrole nitrogens is 1. The minimum atomic E-state index is -4.44. The molecule has 28 heavy (non-hydrogen) atoms. The lowest BCUT2D eigenvalue weighted by molar-refractivity contribution is -0.137. The van der Waals surface area contributed by atoms with Crippen molar-refractivity contribution >= 4 is 39.6 Å². The molecule has 1 N–H and O–H groups in total. The van der Waals surface area contributed by atoms with Crippen LogP contribution in [-0.4, -0.2) is 23.0 Å². The molecule has 3 rings (SSSR count). The topological polar surface area (TPSA) is 72.1 Å². The van der Waals surface area contributed by atoms with Crippen LogP contribution >= 0.6 is 11.6 Å². The molecule has 3 aromatic rings. The van der Waals surface area contributed by atoms with Gasteiger partial charge in [0.05, 0.1) is 34.2 Å². The average molecular weight is 409 g/mol. The number of aromatic amines is 1. The first-order valence-electron chi connectivity index (χ1n) is 7.86. The number of aromatic nitrogens is 2. The summed E-state index contributed by atoms with van der Waals surface area (Å²) in [5, 5.41) is 0.262. The van der Waals surface area contributed by atoms with Gasteiger partial charge in [0, 0.05) is 0 Å². The van der Waals surface area contributed by atoms with E-state index in [0.29, 0.717) is 5.56 Å². The molecule has 0 spiro atoms. The molecular weight excluding hydrogens is 397 g/mol. The van der Waals surface area contributed by atoms with Crippen molar-refractivity contribution in [3.63, 3.8) is 0 Å². The second-order valence-corrected chi connectivity index (χ2v) is 6.16. The summed E-state index contributed by atoms with van der Waals surface area (Å²) in [6, 6.07) is 8.61. The van der Waals surface area contributed by atoms with E-state index >= 15 is 0 Å². The number of hydrogen-bond donors (Lipinski definition) is 1. The van der Waals surface area contributed by atoms with Gasteiger partial charge in [0.1, 0.15) is 0 Å². The Hall–Kier alpha value is -3.13. The molecule has 1 heterocycles. The van der Waals surface area contributed by atoms with Gasteiger partial charge in [0.2, 0.25) is 0 Å². The number of benzene rings is 2. The summed E-state index contributed by atoms with van der Waals surface area (Å²) in [5.41, 5.74) is -0.435. The second-order valence-electron chi connectivity index (χ2n) is 5.75. The van der Waals surface area contributed by atoms with Crippen molar-refractivity contribution in [2.24, 2.45) is 0 Å². The number of nitrogens with one attached hydrogen (secondary N) is 1. The summed E-state index contributed by atoms with van der Waals surface area (Å²) in [7, 11) is 1.23. The molecule has 0 saturated carbocycles. The van der Waals surface area contributed by atoms with Gasteiger partial charge in [0.15, 0.2) is 5.82 Å². The number of fused-ring (bicyclic) bond motifs is 1. The Kier molecular flexibility index (Phi) is 5.24. The van der Waals surface area contributed by atoms with Crippen molar-refractivity contribution in [2.45, 2.75) is 6.18 Å². The molecule has 0 aliphatic rings. The van der Waals surface area contributed by atoms with E-state index in [0.717, 1.165) is 12.1 Å². The first-order chi connectivity index (χ1) is 13.2. The first-order valence-corrected chi connectivity index (χ1v) is 8.24. The van der Waals surface area contributed by atoms with Crippen LogP contribution in [0.5, 0.6) is 0 Å². The van der Waals surface area contributed by atoms with Gasteiger partial charge >= 0.3 is 12.1 Å². The highest BCUT2D eigenvalue weighted by Gasteiger charge is 2.29. The fourth-order valence-corrected chi connectivity index (χ4v) is 2.70. The van der Waals surface area contributed by atoms with Crippen LogP contribution in [0.25, 0.3) is 22.0 Å². The molecule has 5 nitrogen and oxygen atoms in total. The lowest BCUT2D eigenvalue weighted by Crippen LogP contribution is -2.11. The summed E-state index contributed by atoms with van der Waals surface area (Å²) in [5.74, 6) is -0.571. The summed E-state index contributed by atoms with van der Waals surface area (Å²) in [6.07, 6.45) is -3.06. The summed E-state index contributed by atoms with van der Waals surface area (Å²) in [4.78, 5) is 30.6. The molecular formula is C19H12ClF3N2O3. The lowest BCUT2D eigenvalue weighted by Gasteiger charge is -2.07. The molecule has 0 fully saturated rings. The average Bonchev–Trinajstić information content (AvgIpc) is 2.66. The fourth-order valence-electron chi connectivity index (χ4n) is 2.48. The first kappa shape index (κ1) is 19.6. The molecule has 0 saturated heterocycles. The van der Waals surface area contributed by atoms with Crippen molar-refractivity contribution in [1.82, 2.24) is 9.97 Å². The van der Waals surface area contributed by atoms with Crippen LogP contribution < -0.4 is 5.56 Å². The number of carbonyl (C=O) groups excluding carboxylic acids is 1. The molecule has 0 unspecified atom stereocenters. The minimum absolute atomic E-state index is 0.0149. The van der Waals surface area contributed by atoms with E-state index in [4.69, 9.17) is 11.6 Å². The number of carbonyl (C=O) groups is 1. The Morgan fingerprint density at radius 1 is 1.18 bits per heavy atom. The zero-order valence-corrected chi connectivity index (χ0v) is 15.1. The van der Waals surface area contributed by atoms with E-state index in [9.17, 15) is 22.8 Å². The van der Waals surface area contributed by atoms with Gasteiger partial charge in [-0.3, -0.25) is 4.79 Å². The van der Waals surface area contributed by atoms with E-state index in [1.54, 1.807) is 0 Å². The standard InChI is InChI=1S/C19H12ClF3N2O3/c1-28-18(27)11-4-7-13-15(9-11)24-16(25-17(13)26)14(20)8-10-2-5-12(6-3-10)19(21,22)23/h2-9H,1H3,(H,24,25,26)/b14-8-. The van der Waals surface area contributed by atoms with Gasteiger partial charge in [-0.1, -0.05) is 23.7 Å². The molecule has 2 aromatic carbocycles. The molecule has 0 bridgehead atoms. The Morgan fingerprint density at radius 2 is 1.86 bits per heavy atom. The van der Waals surface area contributed by atoms with Gasteiger partial charge in [-0.25, -0.2) is 9.78 Å². The van der Waals surface area contributed by atoms with Crippen molar-refractivity contribution in [3.05, 3.63) is 75.3 Å². The number of ether oxygens (including phenoxy) is 1. The maximum Gasteiger partial charge on any atom is 0.416 e. The molecule has 1 aromatic heterocycles. The molecule has 9 heteroatoms. The number of nitrogens with zero attached hydrogens (tertiary/aromatic N) is 1. The number of esters is 1. The Morgan fingerprint density at radius 3 is 2.46 bits per heavy atom. The zero-order chi connectivity index (χ0) is 20.5. The van der Waals surface area contributed by atoms with Crippen LogP contribution in [0, 0.1) is 0 Å². The second kappa shape index (κ2) is 7.47. The molecule has 0 aliphatic heterocycles. The van der Waals surface area contributed by atoms with Crippen LogP contribution in [0.1, 0.15) is 27.3 Å². The molecule has 0 atom stereocenters. The number of halogens is 4. The third-order valence-corrected chi connectivity index (χ3v) is 4.17. The van der Waals surface area contributed by atoms with Crippen LogP contribution in [0.2, 0.25) is 0 Å². The minimum Gasteiger partial charge on any atom is -0.465 e. The van der Waals surface area contributed by atoms with E-state index in [2.05, 4.69) is 14.7 Å². The fraction of sp³-hybridized carbons (Fsp3) is 0.105. The number of alkyl halides is 3. The summed E-state index contributed by atoms with van der Waals surface area (Å²) >= 11 is 6.19. The highest BCUT2D eigenvalue weighted by Crippen LogP contribution is 2.30. The highest BCUT2D eigenvalue weighted by atomic mass is 35.5. The van der Waals surface area contributed by atoms with Crippen LogP contribution in [0.15, 0.2) is 47.3 Å². The quantitative estimate of drug-likeness (QED) is 0.649. The zero-order valence-electron chi connectivity index (χ0n) is 14.3. The monoisotopic (exact) mass is 408 g/mol.